The van der Waals surface area contributed by atoms with Crippen molar-refractivity contribution in [1.82, 2.24) is 9.88 Å². The largest absolute Gasteiger partial charge is 0.394 e. The number of amides is 1. The van der Waals surface area contributed by atoms with Crippen LogP contribution in [0.4, 0.5) is 0 Å². The Labute approximate surface area is 128 Å². The van der Waals surface area contributed by atoms with Crippen molar-refractivity contribution in [1.29, 1.82) is 0 Å². The molecule has 0 saturated heterocycles. The molecular weight excluding hydrogens is 280 g/mol. The van der Waals surface area contributed by atoms with Gasteiger partial charge in [-0.2, -0.15) is 0 Å². The monoisotopic (exact) mass is 300 g/mol. The van der Waals surface area contributed by atoms with Gasteiger partial charge >= 0.3 is 0 Å². The molecule has 0 radical (unpaired) electrons. The second kappa shape index (κ2) is 5.93. The number of nitrogens with one attached hydrogen (secondary N) is 1. The van der Waals surface area contributed by atoms with Gasteiger partial charge in [-0.05, 0) is 25.0 Å². The van der Waals surface area contributed by atoms with Crippen molar-refractivity contribution in [2.24, 2.45) is 0 Å². The number of aliphatic hydroxyl groups is 1. The number of aromatic nitrogens is 1. The third-order valence-corrected chi connectivity index (χ3v) is 4.33. The molecule has 1 aromatic heterocycles. The molecule has 5 heteroatoms. The molecule has 116 valence electrons. The molecule has 2 heterocycles. The number of fused-ring (bicyclic) bond motifs is 3. The molecule has 1 unspecified atom stereocenters. The summed E-state index contributed by atoms with van der Waals surface area (Å²) in [6, 6.07) is 7.83. The van der Waals surface area contributed by atoms with Gasteiger partial charge < -0.3 is 19.8 Å². The zero-order valence-corrected chi connectivity index (χ0v) is 12.6. The number of rotatable bonds is 4. The van der Waals surface area contributed by atoms with E-state index in [1.54, 1.807) is 4.90 Å². The summed E-state index contributed by atoms with van der Waals surface area (Å²) in [7, 11) is 0. The average molecular weight is 300 g/mol. The van der Waals surface area contributed by atoms with E-state index < -0.39 is 0 Å². The first-order valence-corrected chi connectivity index (χ1v) is 7.58. The molecule has 0 aliphatic carbocycles. The van der Waals surface area contributed by atoms with Gasteiger partial charge in [0.1, 0.15) is 5.78 Å². The first kappa shape index (κ1) is 14.8. The van der Waals surface area contributed by atoms with E-state index in [1.165, 1.54) is 12.5 Å². The highest BCUT2D eigenvalue weighted by Crippen LogP contribution is 2.30. The summed E-state index contributed by atoms with van der Waals surface area (Å²) in [6.45, 7) is 1.89. The number of carbonyl (C=O) groups is 2. The van der Waals surface area contributed by atoms with Crippen molar-refractivity contribution < 1.29 is 14.7 Å². The van der Waals surface area contributed by atoms with Gasteiger partial charge in [-0.15, -0.1) is 0 Å². The van der Waals surface area contributed by atoms with Crippen molar-refractivity contribution >= 4 is 22.6 Å². The molecule has 2 aromatic rings. The van der Waals surface area contributed by atoms with Gasteiger partial charge in [-0.1, -0.05) is 18.2 Å². The van der Waals surface area contributed by atoms with E-state index in [4.69, 9.17) is 0 Å². The predicted octanol–water partition coefficient (Wildman–Crippen LogP) is 1.78. The lowest BCUT2D eigenvalue weighted by Crippen LogP contribution is -2.46. The van der Waals surface area contributed by atoms with Crippen LogP contribution in [-0.4, -0.2) is 39.3 Å². The van der Waals surface area contributed by atoms with Gasteiger partial charge in [0, 0.05) is 29.4 Å². The summed E-state index contributed by atoms with van der Waals surface area (Å²) in [5.41, 5.74) is 3.27. The smallest absolute Gasteiger partial charge is 0.223 e. The average Bonchev–Trinajstić information content (AvgIpc) is 2.88. The van der Waals surface area contributed by atoms with Crippen molar-refractivity contribution in [2.45, 2.75) is 38.8 Å². The molecule has 0 saturated carbocycles. The van der Waals surface area contributed by atoms with E-state index in [9.17, 15) is 14.7 Å². The SMILES string of the molecule is CC(=O)CCC(=O)N1Cc2[nH]c3ccccc3c2CC1CO. The van der Waals surface area contributed by atoms with E-state index in [1.807, 2.05) is 18.2 Å². The third-order valence-electron chi connectivity index (χ3n) is 4.33. The minimum Gasteiger partial charge on any atom is -0.394 e. The first-order chi connectivity index (χ1) is 10.6. The quantitative estimate of drug-likeness (QED) is 0.904. The molecular formula is C17H20N2O3. The molecule has 2 N–H and O–H groups in total. The number of hydrogen-bond donors (Lipinski definition) is 2. The van der Waals surface area contributed by atoms with Gasteiger partial charge in [0.15, 0.2) is 0 Å². The maximum Gasteiger partial charge on any atom is 0.223 e. The van der Waals surface area contributed by atoms with Crippen LogP contribution in [0.15, 0.2) is 24.3 Å². The number of nitrogens with zero attached hydrogens (tertiary/aromatic N) is 1. The number of ketones is 1. The fourth-order valence-corrected chi connectivity index (χ4v) is 3.15. The highest BCUT2D eigenvalue weighted by atomic mass is 16.3. The van der Waals surface area contributed by atoms with Crippen LogP contribution in [0.3, 0.4) is 0 Å². The zero-order chi connectivity index (χ0) is 15.7. The van der Waals surface area contributed by atoms with Crippen molar-refractivity contribution in [3.8, 4) is 0 Å². The number of H-pyrrole nitrogens is 1. The highest BCUT2D eigenvalue weighted by molar-refractivity contribution is 5.87. The van der Waals surface area contributed by atoms with Gasteiger partial charge in [-0.3, -0.25) is 4.79 Å². The van der Waals surface area contributed by atoms with Gasteiger partial charge in [-0.25, -0.2) is 0 Å². The molecule has 22 heavy (non-hydrogen) atoms. The number of benzene rings is 1. The molecule has 3 rings (SSSR count). The summed E-state index contributed by atoms with van der Waals surface area (Å²) in [4.78, 5) is 28.5. The molecule has 0 spiro atoms. The van der Waals surface area contributed by atoms with E-state index in [2.05, 4.69) is 11.1 Å². The number of Topliss-reactive ketones (excluding diaryl/α,β-unsaturated/α-hetero) is 1. The Morgan fingerprint density at radius 3 is 2.82 bits per heavy atom. The van der Waals surface area contributed by atoms with E-state index in [0.29, 0.717) is 13.0 Å². The summed E-state index contributed by atoms with van der Waals surface area (Å²) in [6.07, 6.45) is 1.11. The lowest BCUT2D eigenvalue weighted by Gasteiger charge is -2.34. The third kappa shape index (κ3) is 2.64. The van der Waals surface area contributed by atoms with Crippen LogP contribution in [0.5, 0.6) is 0 Å². The first-order valence-electron chi connectivity index (χ1n) is 7.58. The van der Waals surface area contributed by atoms with Gasteiger partial charge in [0.25, 0.3) is 0 Å². The minimum atomic E-state index is -0.217. The number of hydrogen-bond acceptors (Lipinski definition) is 3. The fraction of sp³-hybridized carbons (Fsp3) is 0.412. The van der Waals surface area contributed by atoms with Crippen LogP contribution in [0.25, 0.3) is 10.9 Å². The second-order valence-corrected chi connectivity index (χ2v) is 5.89. The Balaban J connectivity index is 1.88. The summed E-state index contributed by atoms with van der Waals surface area (Å²) in [5.74, 6) is -0.0595. The molecule has 1 aliphatic rings. The molecule has 1 amide bonds. The Bertz CT molecular complexity index is 720. The van der Waals surface area contributed by atoms with E-state index in [0.717, 1.165) is 16.6 Å². The van der Waals surface area contributed by atoms with E-state index >= 15 is 0 Å². The van der Waals surface area contributed by atoms with Crippen LogP contribution in [0.1, 0.15) is 31.0 Å². The normalized spacial score (nSPS) is 17.5. The standard InChI is InChI=1S/C17H20N2O3/c1-11(21)6-7-17(22)19-9-16-14(8-12(19)10-20)13-4-2-3-5-15(13)18-16/h2-5,12,18,20H,6-10H2,1H3. The van der Waals surface area contributed by atoms with Crippen LogP contribution >= 0.6 is 0 Å². The van der Waals surface area contributed by atoms with Crippen LogP contribution in [0.2, 0.25) is 0 Å². The topological polar surface area (TPSA) is 73.4 Å². The lowest BCUT2D eigenvalue weighted by molar-refractivity contribution is -0.137. The van der Waals surface area contributed by atoms with Gasteiger partial charge in [0.05, 0.1) is 19.2 Å². The van der Waals surface area contributed by atoms with E-state index in [-0.39, 0.29) is 37.2 Å². The Morgan fingerprint density at radius 2 is 2.09 bits per heavy atom. The number of aliphatic hydroxyl groups excluding tert-OH is 1. The summed E-state index contributed by atoms with van der Waals surface area (Å²) >= 11 is 0. The molecule has 1 aromatic carbocycles. The van der Waals surface area contributed by atoms with Gasteiger partial charge in [0.2, 0.25) is 5.91 Å². The number of para-hydroxylation sites is 1. The number of aromatic amines is 1. The highest BCUT2D eigenvalue weighted by Gasteiger charge is 2.31. The lowest BCUT2D eigenvalue weighted by atomic mass is 9.96. The molecule has 5 nitrogen and oxygen atoms in total. The van der Waals surface area contributed by atoms with Crippen LogP contribution < -0.4 is 0 Å². The Morgan fingerprint density at radius 1 is 1.32 bits per heavy atom. The molecule has 0 fully saturated rings. The number of carbonyl (C=O) groups excluding carboxylic acids is 2. The molecule has 1 atom stereocenters. The predicted molar refractivity (Wildman–Crippen MR) is 83.3 cm³/mol. The maximum absolute atomic E-state index is 12.3. The second-order valence-electron chi connectivity index (χ2n) is 5.89. The van der Waals surface area contributed by atoms with Crippen molar-refractivity contribution in [3.63, 3.8) is 0 Å². The van der Waals surface area contributed by atoms with Crippen LogP contribution in [-0.2, 0) is 22.6 Å². The minimum absolute atomic E-state index is 0.0113. The van der Waals surface area contributed by atoms with Crippen molar-refractivity contribution in [3.05, 3.63) is 35.5 Å². The fourth-order valence-electron chi connectivity index (χ4n) is 3.15. The zero-order valence-electron chi connectivity index (χ0n) is 12.6. The Kier molecular flexibility index (Phi) is 3.98. The van der Waals surface area contributed by atoms with Crippen LogP contribution in [0, 0.1) is 0 Å². The maximum atomic E-state index is 12.3. The molecule has 0 bridgehead atoms. The summed E-state index contributed by atoms with van der Waals surface area (Å²) in [5, 5.41) is 10.8. The molecule has 1 aliphatic heterocycles. The summed E-state index contributed by atoms with van der Waals surface area (Å²) < 4.78 is 0. The van der Waals surface area contributed by atoms with Crippen molar-refractivity contribution in [2.75, 3.05) is 6.61 Å². The Hall–Kier alpha value is -2.14.